The Morgan fingerprint density at radius 1 is 1.30 bits per heavy atom. The van der Waals surface area contributed by atoms with Crippen molar-refractivity contribution in [3.05, 3.63) is 10.6 Å². The van der Waals surface area contributed by atoms with Crippen LogP contribution in [-0.4, -0.2) is 36.4 Å². The number of anilines is 1. The molecule has 0 radical (unpaired) electrons. The van der Waals surface area contributed by atoms with E-state index in [-0.39, 0.29) is 6.61 Å². The third-order valence-electron chi connectivity index (χ3n) is 3.84. The maximum Gasteiger partial charge on any atom is 0.186 e. The summed E-state index contributed by atoms with van der Waals surface area (Å²) in [7, 11) is 1.72. The van der Waals surface area contributed by atoms with E-state index in [0.29, 0.717) is 18.6 Å². The molecule has 0 bridgehead atoms. The van der Waals surface area contributed by atoms with Gasteiger partial charge in [0.25, 0.3) is 0 Å². The zero-order valence-electron chi connectivity index (χ0n) is 13.3. The van der Waals surface area contributed by atoms with Crippen molar-refractivity contribution >= 4 is 16.5 Å². The van der Waals surface area contributed by atoms with Crippen molar-refractivity contribution in [1.82, 2.24) is 4.98 Å². The summed E-state index contributed by atoms with van der Waals surface area (Å²) in [4.78, 5) is 8.09. The second-order valence-corrected chi connectivity index (χ2v) is 6.28. The molecule has 5 heteroatoms. The number of nitrogens with zero attached hydrogens (tertiary/aromatic N) is 2. The van der Waals surface area contributed by atoms with Gasteiger partial charge in [0.05, 0.1) is 23.8 Å². The summed E-state index contributed by atoms with van der Waals surface area (Å²) >= 11 is 1.61. The van der Waals surface area contributed by atoms with Crippen LogP contribution < -0.4 is 4.90 Å². The topological polar surface area (TPSA) is 45.6 Å². The van der Waals surface area contributed by atoms with Gasteiger partial charge in [-0.2, -0.15) is 0 Å². The Hall–Kier alpha value is -0.650. The van der Waals surface area contributed by atoms with E-state index < -0.39 is 0 Å². The van der Waals surface area contributed by atoms with Gasteiger partial charge < -0.3 is 14.7 Å². The predicted molar refractivity (Wildman–Crippen MR) is 85.7 cm³/mol. The first-order valence-electron chi connectivity index (χ1n) is 7.44. The molecule has 0 spiro atoms. The monoisotopic (exact) mass is 300 g/mol. The number of aliphatic hydroxyl groups excluding tert-OH is 1. The van der Waals surface area contributed by atoms with E-state index in [4.69, 9.17) is 9.72 Å². The lowest BCUT2D eigenvalue weighted by Crippen LogP contribution is -2.35. The number of aliphatic hydroxyl groups is 1. The molecule has 0 fully saturated rings. The molecule has 0 aliphatic rings. The van der Waals surface area contributed by atoms with E-state index in [1.165, 1.54) is 0 Å². The van der Waals surface area contributed by atoms with Crippen LogP contribution in [0.15, 0.2) is 0 Å². The molecule has 0 saturated heterocycles. The molecule has 2 atom stereocenters. The average molecular weight is 300 g/mol. The molecule has 1 heterocycles. The van der Waals surface area contributed by atoms with Crippen molar-refractivity contribution in [2.24, 2.45) is 0 Å². The molecule has 20 heavy (non-hydrogen) atoms. The minimum absolute atomic E-state index is 0.0793. The number of methoxy groups -OCH3 is 1. The molecule has 4 nitrogen and oxygen atoms in total. The molecular weight excluding hydrogens is 272 g/mol. The van der Waals surface area contributed by atoms with Gasteiger partial charge in [-0.05, 0) is 25.7 Å². The Kier molecular flexibility index (Phi) is 7.48. The second kappa shape index (κ2) is 8.60. The van der Waals surface area contributed by atoms with Crippen LogP contribution in [0.5, 0.6) is 0 Å². The van der Waals surface area contributed by atoms with Crippen LogP contribution in [-0.2, 0) is 11.3 Å². The lowest BCUT2D eigenvalue weighted by Gasteiger charge is -2.27. The third kappa shape index (κ3) is 4.17. The van der Waals surface area contributed by atoms with Crippen molar-refractivity contribution in [2.75, 3.05) is 25.2 Å². The van der Waals surface area contributed by atoms with E-state index in [1.807, 2.05) is 0 Å². The van der Waals surface area contributed by atoms with Crippen LogP contribution in [0.1, 0.15) is 57.0 Å². The number of hydrogen-bond acceptors (Lipinski definition) is 5. The fourth-order valence-electron chi connectivity index (χ4n) is 2.08. The van der Waals surface area contributed by atoms with E-state index in [2.05, 4.69) is 32.6 Å². The maximum atomic E-state index is 9.56. The first kappa shape index (κ1) is 17.4. The summed E-state index contributed by atoms with van der Waals surface area (Å²) in [5, 5.41) is 10.6. The quantitative estimate of drug-likeness (QED) is 0.759. The second-order valence-electron chi connectivity index (χ2n) is 5.22. The number of thiazole rings is 1. The molecule has 0 amide bonds. The molecule has 2 unspecified atom stereocenters. The number of rotatable bonds is 9. The summed E-state index contributed by atoms with van der Waals surface area (Å²) < 4.78 is 5.21. The van der Waals surface area contributed by atoms with Crippen LogP contribution >= 0.6 is 11.3 Å². The minimum atomic E-state index is 0.0793. The molecule has 1 N–H and O–H groups in total. The minimum Gasteiger partial charge on any atom is -0.391 e. The Morgan fingerprint density at radius 3 is 2.50 bits per heavy atom. The summed E-state index contributed by atoms with van der Waals surface area (Å²) in [6.45, 7) is 10.3. The molecule has 1 aromatic heterocycles. The first-order valence-corrected chi connectivity index (χ1v) is 8.26. The Labute approximate surface area is 126 Å². The predicted octanol–water partition coefficient (Wildman–Crippen LogP) is 3.40. The zero-order chi connectivity index (χ0) is 15.1. The van der Waals surface area contributed by atoms with Crippen molar-refractivity contribution in [2.45, 2.75) is 59.1 Å². The first-order chi connectivity index (χ1) is 9.58. The molecule has 0 aliphatic heterocycles. The lowest BCUT2D eigenvalue weighted by molar-refractivity contribution is 0.203. The van der Waals surface area contributed by atoms with Crippen molar-refractivity contribution < 1.29 is 9.84 Å². The zero-order valence-corrected chi connectivity index (χ0v) is 14.2. The van der Waals surface area contributed by atoms with Crippen LogP contribution in [0.2, 0.25) is 0 Å². The largest absolute Gasteiger partial charge is 0.391 e. The normalized spacial score (nSPS) is 14.3. The highest BCUT2D eigenvalue weighted by atomic mass is 32.1. The van der Waals surface area contributed by atoms with E-state index in [0.717, 1.165) is 35.1 Å². The molecule has 1 aromatic rings. The Morgan fingerprint density at radius 2 is 2.00 bits per heavy atom. The van der Waals surface area contributed by atoms with E-state index in [9.17, 15) is 5.11 Å². The van der Waals surface area contributed by atoms with E-state index in [1.54, 1.807) is 18.4 Å². The van der Waals surface area contributed by atoms with Gasteiger partial charge in [-0.1, -0.05) is 32.1 Å². The Balaban J connectivity index is 3.03. The Bertz CT molecular complexity index is 395. The van der Waals surface area contributed by atoms with Gasteiger partial charge in [0, 0.05) is 19.7 Å². The number of hydrogen-bond donors (Lipinski definition) is 1. The molecule has 1 rings (SSSR count). The highest BCUT2D eigenvalue weighted by Crippen LogP contribution is 2.33. The third-order valence-corrected chi connectivity index (χ3v) is 4.94. The van der Waals surface area contributed by atoms with Gasteiger partial charge in [0.1, 0.15) is 0 Å². The summed E-state index contributed by atoms with van der Waals surface area (Å²) in [5.41, 5.74) is 1.06. The van der Waals surface area contributed by atoms with Gasteiger partial charge >= 0.3 is 0 Å². The van der Waals surface area contributed by atoms with E-state index >= 15 is 0 Å². The SMILES string of the molecule is CCC(C)c1nc(N(CCOC)C(C)CC)sc1CO. The summed E-state index contributed by atoms with van der Waals surface area (Å²) in [6, 6.07) is 0.424. The lowest BCUT2D eigenvalue weighted by atomic mass is 10.0. The average Bonchev–Trinajstić information content (AvgIpc) is 2.90. The van der Waals surface area contributed by atoms with Gasteiger partial charge in [0.15, 0.2) is 5.13 Å². The van der Waals surface area contributed by atoms with Crippen molar-refractivity contribution in [1.29, 1.82) is 0 Å². The van der Waals surface area contributed by atoms with Crippen LogP contribution in [0.3, 0.4) is 0 Å². The standard InChI is InChI=1S/C15H28N2O2S/c1-6-11(3)14-13(10-18)20-15(16-14)17(8-9-19-5)12(4)7-2/h11-12,18H,6-10H2,1-5H3. The van der Waals surface area contributed by atoms with Gasteiger partial charge in [-0.3, -0.25) is 0 Å². The maximum absolute atomic E-state index is 9.56. The highest BCUT2D eigenvalue weighted by Gasteiger charge is 2.21. The number of ether oxygens (including phenoxy) is 1. The van der Waals surface area contributed by atoms with Gasteiger partial charge in [-0.25, -0.2) is 4.98 Å². The summed E-state index contributed by atoms with van der Waals surface area (Å²) in [5.74, 6) is 0.392. The van der Waals surface area contributed by atoms with Crippen LogP contribution in [0.4, 0.5) is 5.13 Å². The molecule has 0 aromatic carbocycles. The van der Waals surface area contributed by atoms with Crippen molar-refractivity contribution in [3.63, 3.8) is 0 Å². The fraction of sp³-hybridized carbons (Fsp3) is 0.800. The molecular formula is C15H28N2O2S. The van der Waals surface area contributed by atoms with Gasteiger partial charge in [0.2, 0.25) is 0 Å². The molecule has 0 saturated carbocycles. The van der Waals surface area contributed by atoms with Gasteiger partial charge in [-0.15, -0.1) is 0 Å². The number of aromatic nitrogens is 1. The molecule has 0 aliphatic carbocycles. The van der Waals surface area contributed by atoms with Crippen LogP contribution in [0, 0.1) is 0 Å². The summed E-state index contributed by atoms with van der Waals surface area (Å²) in [6.07, 6.45) is 2.11. The van der Waals surface area contributed by atoms with Crippen molar-refractivity contribution in [3.8, 4) is 0 Å². The van der Waals surface area contributed by atoms with Crippen LogP contribution in [0.25, 0.3) is 0 Å². The molecule has 116 valence electrons. The highest BCUT2D eigenvalue weighted by molar-refractivity contribution is 7.15. The smallest absolute Gasteiger partial charge is 0.186 e. The fourth-order valence-corrected chi connectivity index (χ4v) is 3.25.